The van der Waals surface area contributed by atoms with E-state index in [1.807, 2.05) is 12.1 Å². The van der Waals surface area contributed by atoms with Gasteiger partial charge < -0.3 is 19.4 Å². The van der Waals surface area contributed by atoms with Crippen LogP contribution in [0.2, 0.25) is 0 Å². The lowest BCUT2D eigenvalue weighted by Crippen LogP contribution is -2.43. The number of hydrogen-bond acceptors (Lipinski definition) is 6. The SMILES string of the molecule is Cc1cc2c(cc1S(=O)(=O)N1CCC(C(=O)N(C)CCCc3ccco3)CC1)O[C@H](C)C(=O)N2. The van der Waals surface area contributed by atoms with Crippen molar-refractivity contribution >= 4 is 27.5 Å². The van der Waals surface area contributed by atoms with Crippen LogP contribution in [0.4, 0.5) is 5.69 Å². The van der Waals surface area contributed by atoms with Gasteiger partial charge in [0.2, 0.25) is 15.9 Å². The number of anilines is 1. The molecule has 2 aromatic rings. The van der Waals surface area contributed by atoms with Crippen LogP contribution in [-0.2, 0) is 26.0 Å². The number of piperidine rings is 1. The van der Waals surface area contributed by atoms with Gasteiger partial charge in [-0.1, -0.05) is 0 Å². The zero-order valence-corrected chi connectivity index (χ0v) is 20.6. The standard InChI is InChI=1S/C24H31N3O6S/c1-16-14-20-21(33-17(2)23(28)25-20)15-22(16)34(30,31)27-11-8-18(9-12-27)24(29)26(3)10-4-6-19-7-5-13-32-19/h5,7,13-15,17-18H,4,6,8-12H2,1-3H3,(H,25,28)/t17-/m1/s1. The molecule has 2 amide bonds. The largest absolute Gasteiger partial charge is 0.479 e. The molecule has 0 radical (unpaired) electrons. The molecule has 0 spiro atoms. The first kappa shape index (κ1) is 24.3. The lowest BCUT2D eigenvalue weighted by Gasteiger charge is -2.33. The minimum atomic E-state index is -3.76. The predicted molar refractivity (Wildman–Crippen MR) is 126 cm³/mol. The fraction of sp³-hybridized carbons (Fsp3) is 0.500. The molecule has 34 heavy (non-hydrogen) atoms. The second-order valence-corrected chi connectivity index (χ2v) is 10.9. The van der Waals surface area contributed by atoms with E-state index in [1.165, 1.54) is 10.4 Å². The first-order valence-corrected chi connectivity index (χ1v) is 13.0. The maximum absolute atomic E-state index is 13.4. The predicted octanol–water partition coefficient (Wildman–Crippen LogP) is 2.80. The van der Waals surface area contributed by atoms with E-state index in [4.69, 9.17) is 9.15 Å². The van der Waals surface area contributed by atoms with Crippen molar-refractivity contribution < 1.29 is 27.2 Å². The maximum Gasteiger partial charge on any atom is 0.265 e. The molecule has 2 aliphatic rings. The van der Waals surface area contributed by atoms with E-state index in [1.54, 1.807) is 38.1 Å². The van der Waals surface area contributed by atoms with Crippen molar-refractivity contribution in [3.8, 4) is 5.75 Å². The molecule has 9 nitrogen and oxygen atoms in total. The lowest BCUT2D eigenvalue weighted by molar-refractivity contribution is -0.135. The highest BCUT2D eigenvalue weighted by atomic mass is 32.2. The minimum absolute atomic E-state index is 0.0552. The zero-order chi connectivity index (χ0) is 24.5. The van der Waals surface area contributed by atoms with Crippen LogP contribution >= 0.6 is 0 Å². The Labute approximate surface area is 200 Å². The first-order chi connectivity index (χ1) is 16.2. The van der Waals surface area contributed by atoms with Crippen LogP contribution in [0.1, 0.15) is 37.5 Å². The Kier molecular flexibility index (Phi) is 6.99. The van der Waals surface area contributed by atoms with Crippen molar-refractivity contribution in [1.82, 2.24) is 9.21 Å². The number of carbonyl (C=O) groups is 2. The highest BCUT2D eigenvalue weighted by molar-refractivity contribution is 7.89. The Bertz CT molecular complexity index is 1150. The van der Waals surface area contributed by atoms with Crippen molar-refractivity contribution in [3.05, 3.63) is 41.9 Å². The van der Waals surface area contributed by atoms with Gasteiger partial charge in [-0.05, 0) is 56.9 Å². The number of ether oxygens (including phenoxy) is 1. The number of carbonyl (C=O) groups excluding carboxylic acids is 2. The third-order valence-corrected chi connectivity index (χ3v) is 8.54. The number of benzene rings is 1. The summed E-state index contributed by atoms with van der Waals surface area (Å²) < 4.78 is 39.1. The Morgan fingerprint density at radius 2 is 2.00 bits per heavy atom. The molecule has 3 heterocycles. The van der Waals surface area contributed by atoms with Crippen LogP contribution in [0.15, 0.2) is 39.8 Å². The number of rotatable bonds is 7. The first-order valence-electron chi connectivity index (χ1n) is 11.6. The van der Waals surface area contributed by atoms with Crippen molar-refractivity contribution in [2.45, 2.75) is 50.5 Å². The van der Waals surface area contributed by atoms with Gasteiger partial charge >= 0.3 is 0 Å². The van der Waals surface area contributed by atoms with Crippen LogP contribution in [0.25, 0.3) is 0 Å². The van der Waals surface area contributed by atoms with Crippen molar-refractivity contribution in [2.24, 2.45) is 5.92 Å². The number of aryl methyl sites for hydroxylation is 2. The quantitative estimate of drug-likeness (QED) is 0.641. The Balaban J connectivity index is 1.36. The monoisotopic (exact) mass is 489 g/mol. The zero-order valence-electron chi connectivity index (χ0n) is 19.7. The third-order valence-electron chi connectivity index (χ3n) is 6.50. The average Bonchev–Trinajstić information content (AvgIpc) is 3.33. The minimum Gasteiger partial charge on any atom is -0.479 e. The van der Waals surface area contributed by atoms with Crippen LogP contribution in [0.5, 0.6) is 5.75 Å². The summed E-state index contributed by atoms with van der Waals surface area (Å²) in [5.74, 6) is 0.848. The van der Waals surface area contributed by atoms with Crippen molar-refractivity contribution in [3.63, 3.8) is 0 Å². The van der Waals surface area contributed by atoms with E-state index in [-0.39, 0.29) is 35.7 Å². The van der Waals surface area contributed by atoms with Gasteiger partial charge in [0.15, 0.2) is 6.10 Å². The molecule has 10 heteroatoms. The highest BCUT2D eigenvalue weighted by Crippen LogP contribution is 2.36. The summed E-state index contributed by atoms with van der Waals surface area (Å²) in [5.41, 5.74) is 1.01. The molecule has 1 atom stereocenters. The van der Waals surface area contributed by atoms with E-state index in [2.05, 4.69) is 5.32 Å². The molecule has 0 unspecified atom stereocenters. The van der Waals surface area contributed by atoms with Crippen molar-refractivity contribution in [2.75, 3.05) is 32.0 Å². The number of fused-ring (bicyclic) bond motifs is 1. The van der Waals surface area contributed by atoms with Gasteiger partial charge in [-0.2, -0.15) is 4.31 Å². The summed E-state index contributed by atoms with van der Waals surface area (Å²) >= 11 is 0. The molecule has 1 N–H and O–H groups in total. The fourth-order valence-electron chi connectivity index (χ4n) is 4.47. The van der Waals surface area contributed by atoms with Crippen LogP contribution in [-0.4, -0.2) is 62.2 Å². The van der Waals surface area contributed by atoms with E-state index in [9.17, 15) is 18.0 Å². The van der Waals surface area contributed by atoms with Gasteiger partial charge in [0, 0.05) is 45.1 Å². The van der Waals surface area contributed by atoms with Crippen LogP contribution in [0.3, 0.4) is 0 Å². The van der Waals surface area contributed by atoms with Gasteiger partial charge in [-0.3, -0.25) is 9.59 Å². The summed E-state index contributed by atoms with van der Waals surface area (Å²) in [5, 5.41) is 2.74. The van der Waals surface area contributed by atoms with E-state index in [0.717, 1.165) is 18.6 Å². The van der Waals surface area contributed by atoms with Gasteiger partial charge in [0.1, 0.15) is 11.5 Å². The lowest BCUT2D eigenvalue weighted by atomic mass is 9.96. The fourth-order valence-corrected chi connectivity index (χ4v) is 6.16. The topological polar surface area (TPSA) is 109 Å². The smallest absolute Gasteiger partial charge is 0.265 e. The number of furan rings is 1. The summed E-state index contributed by atoms with van der Waals surface area (Å²) in [4.78, 5) is 26.6. The average molecular weight is 490 g/mol. The van der Waals surface area contributed by atoms with E-state index >= 15 is 0 Å². The van der Waals surface area contributed by atoms with Crippen LogP contribution < -0.4 is 10.1 Å². The normalized spacial score (nSPS) is 19.3. The van der Waals surface area contributed by atoms with Crippen molar-refractivity contribution in [1.29, 1.82) is 0 Å². The number of sulfonamides is 1. The van der Waals surface area contributed by atoms with Gasteiger partial charge in [0.25, 0.3) is 5.91 Å². The molecular formula is C24H31N3O6S. The second kappa shape index (κ2) is 9.79. The Morgan fingerprint density at radius 1 is 1.26 bits per heavy atom. The molecule has 2 aliphatic heterocycles. The molecule has 184 valence electrons. The summed E-state index contributed by atoms with van der Waals surface area (Å²) in [6, 6.07) is 6.88. The van der Waals surface area contributed by atoms with Gasteiger partial charge in [-0.15, -0.1) is 0 Å². The Morgan fingerprint density at radius 3 is 2.68 bits per heavy atom. The summed E-state index contributed by atoms with van der Waals surface area (Å²) in [6.45, 7) is 4.50. The van der Waals surface area contributed by atoms with Gasteiger partial charge in [-0.25, -0.2) is 8.42 Å². The number of hydrogen-bond donors (Lipinski definition) is 1. The maximum atomic E-state index is 13.4. The van der Waals surface area contributed by atoms with Crippen LogP contribution in [0, 0.1) is 12.8 Å². The molecule has 0 saturated carbocycles. The molecule has 1 fully saturated rings. The highest BCUT2D eigenvalue weighted by Gasteiger charge is 2.35. The number of nitrogens with one attached hydrogen (secondary N) is 1. The number of nitrogens with zero attached hydrogens (tertiary/aromatic N) is 2. The number of amides is 2. The second-order valence-electron chi connectivity index (χ2n) is 8.98. The van der Waals surface area contributed by atoms with E-state index in [0.29, 0.717) is 36.4 Å². The molecule has 4 rings (SSSR count). The molecule has 0 bridgehead atoms. The van der Waals surface area contributed by atoms with E-state index < -0.39 is 16.1 Å². The molecule has 1 aromatic carbocycles. The molecule has 1 aromatic heterocycles. The molecule has 0 aliphatic carbocycles. The summed E-state index contributed by atoms with van der Waals surface area (Å²) in [6.07, 6.45) is 3.49. The summed E-state index contributed by atoms with van der Waals surface area (Å²) in [7, 11) is -1.97. The molecular weight excluding hydrogens is 458 g/mol. The molecule has 1 saturated heterocycles. The Hall–Kier alpha value is -2.85. The third kappa shape index (κ3) is 4.97. The van der Waals surface area contributed by atoms with Gasteiger partial charge in [0.05, 0.1) is 16.8 Å².